The van der Waals surface area contributed by atoms with E-state index in [9.17, 15) is 9.59 Å². The summed E-state index contributed by atoms with van der Waals surface area (Å²) >= 11 is 0. The maximum atomic E-state index is 12.7. The van der Waals surface area contributed by atoms with E-state index in [0.29, 0.717) is 43.4 Å². The van der Waals surface area contributed by atoms with E-state index >= 15 is 0 Å². The summed E-state index contributed by atoms with van der Waals surface area (Å²) in [5, 5.41) is 2.88. The molecule has 1 atom stereocenters. The number of rotatable bonds is 6. The van der Waals surface area contributed by atoms with Crippen molar-refractivity contribution in [2.24, 2.45) is 5.92 Å². The van der Waals surface area contributed by atoms with Crippen molar-refractivity contribution >= 4 is 17.6 Å². The maximum absolute atomic E-state index is 12.7. The lowest BCUT2D eigenvalue weighted by atomic mass is 9.96. The molecule has 7 nitrogen and oxygen atoms in total. The second-order valence-corrected chi connectivity index (χ2v) is 6.29. The van der Waals surface area contributed by atoms with Crippen molar-refractivity contribution in [3.05, 3.63) is 18.2 Å². The second-order valence-electron chi connectivity index (χ2n) is 6.29. The molecule has 3 amide bonds. The van der Waals surface area contributed by atoms with Crippen molar-refractivity contribution in [3.8, 4) is 11.5 Å². The molecule has 0 spiro atoms. The Kier molecular flexibility index (Phi) is 7.12. The highest BCUT2D eigenvalue weighted by Crippen LogP contribution is 2.29. The van der Waals surface area contributed by atoms with Crippen molar-refractivity contribution in [1.82, 2.24) is 9.80 Å². The van der Waals surface area contributed by atoms with Gasteiger partial charge in [-0.15, -0.1) is 0 Å². The summed E-state index contributed by atoms with van der Waals surface area (Å²) in [5.74, 6) is 1.19. The van der Waals surface area contributed by atoms with Gasteiger partial charge in [0.2, 0.25) is 5.91 Å². The Morgan fingerprint density at radius 3 is 2.58 bits per heavy atom. The first kappa shape index (κ1) is 19.9. The molecule has 144 valence electrons. The number of ether oxygens (including phenoxy) is 2. The highest BCUT2D eigenvalue weighted by Gasteiger charge is 2.30. The lowest BCUT2D eigenvalue weighted by Gasteiger charge is -2.34. The first-order valence-electron chi connectivity index (χ1n) is 9.10. The zero-order valence-corrected chi connectivity index (χ0v) is 16.1. The predicted octanol–water partition coefficient (Wildman–Crippen LogP) is 2.82. The molecule has 0 bridgehead atoms. The smallest absolute Gasteiger partial charge is 0.321 e. The van der Waals surface area contributed by atoms with Gasteiger partial charge in [-0.05, 0) is 38.8 Å². The van der Waals surface area contributed by atoms with E-state index in [2.05, 4.69) is 5.32 Å². The van der Waals surface area contributed by atoms with Gasteiger partial charge in [0.25, 0.3) is 0 Å². The number of likely N-dealkylation sites (tertiary alicyclic amines) is 1. The number of hydrogen-bond donors (Lipinski definition) is 1. The molecular weight excluding hydrogens is 334 g/mol. The number of piperidine rings is 1. The third kappa shape index (κ3) is 4.59. The SMILES string of the molecule is CCN(CC)C(=O)C1CCCN(C(=O)Nc2cc(OC)ccc2OC)C1. The molecule has 0 aromatic heterocycles. The Hall–Kier alpha value is -2.44. The van der Waals surface area contributed by atoms with Crippen LogP contribution in [0.15, 0.2) is 18.2 Å². The highest BCUT2D eigenvalue weighted by atomic mass is 16.5. The van der Waals surface area contributed by atoms with Gasteiger partial charge in [-0.2, -0.15) is 0 Å². The summed E-state index contributed by atoms with van der Waals surface area (Å²) in [4.78, 5) is 28.8. The van der Waals surface area contributed by atoms with Gasteiger partial charge in [0.1, 0.15) is 11.5 Å². The second kappa shape index (κ2) is 9.31. The minimum atomic E-state index is -0.228. The number of benzene rings is 1. The molecule has 1 fully saturated rings. The fourth-order valence-electron chi connectivity index (χ4n) is 3.26. The average Bonchev–Trinajstić information content (AvgIpc) is 2.68. The number of carbonyl (C=O) groups is 2. The molecule has 1 aromatic carbocycles. The molecule has 1 aromatic rings. The van der Waals surface area contributed by atoms with Crippen molar-refractivity contribution in [2.75, 3.05) is 45.7 Å². The quantitative estimate of drug-likeness (QED) is 0.844. The number of hydrogen-bond acceptors (Lipinski definition) is 4. The van der Waals surface area contributed by atoms with Gasteiger partial charge in [0.15, 0.2) is 0 Å². The average molecular weight is 363 g/mol. The molecular formula is C19H29N3O4. The summed E-state index contributed by atoms with van der Waals surface area (Å²) in [6.45, 7) is 6.42. The van der Waals surface area contributed by atoms with Crippen LogP contribution in [0, 0.1) is 5.92 Å². The van der Waals surface area contributed by atoms with Crippen LogP contribution < -0.4 is 14.8 Å². The van der Waals surface area contributed by atoms with E-state index in [1.165, 1.54) is 0 Å². The van der Waals surface area contributed by atoms with E-state index < -0.39 is 0 Å². The van der Waals surface area contributed by atoms with Crippen LogP contribution in [0.25, 0.3) is 0 Å². The topological polar surface area (TPSA) is 71.1 Å². The standard InChI is InChI=1S/C19H29N3O4/c1-5-21(6-2)18(23)14-8-7-11-22(13-14)19(24)20-16-12-15(25-3)9-10-17(16)26-4/h9-10,12,14H,5-8,11,13H2,1-4H3,(H,20,24). The first-order valence-corrected chi connectivity index (χ1v) is 9.10. The van der Waals surface area contributed by atoms with Crippen LogP contribution in [0.2, 0.25) is 0 Å². The normalized spacial score (nSPS) is 16.8. The molecule has 7 heteroatoms. The lowest BCUT2D eigenvalue weighted by Crippen LogP contribution is -2.48. The third-order valence-electron chi connectivity index (χ3n) is 4.78. The molecule has 1 unspecified atom stereocenters. The Morgan fingerprint density at radius 1 is 1.23 bits per heavy atom. The van der Waals surface area contributed by atoms with Crippen molar-refractivity contribution in [3.63, 3.8) is 0 Å². The fourth-order valence-corrected chi connectivity index (χ4v) is 3.26. The van der Waals surface area contributed by atoms with Gasteiger partial charge in [-0.25, -0.2) is 4.79 Å². The van der Waals surface area contributed by atoms with Crippen LogP contribution in [0.5, 0.6) is 11.5 Å². The van der Waals surface area contributed by atoms with Crippen molar-refractivity contribution in [2.45, 2.75) is 26.7 Å². The monoisotopic (exact) mass is 363 g/mol. The van der Waals surface area contributed by atoms with Gasteiger partial charge >= 0.3 is 6.03 Å². The molecule has 0 aliphatic carbocycles. The van der Waals surface area contributed by atoms with Crippen LogP contribution in [0.4, 0.5) is 10.5 Å². The molecule has 1 aliphatic heterocycles. The van der Waals surface area contributed by atoms with Crippen LogP contribution >= 0.6 is 0 Å². The number of anilines is 1. The summed E-state index contributed by atoms with van der Waals surface area (Å²) in [6, 6.07) is 5.01. The van der Waals surface area contributed by atoms with Gasteiger partial charge in [-0.3, -0.25) is 4.79 Å². The molecule has 1 N–H and O–H groups in total. The van der Waals surface area contributed by atoms with Crippen molar-refractivity contribution < 1.29 is 19.1 Å². The maximum Gasteiger partial charge on any atom is 0.321 e. The number of nitrogens with zero attached hydrogens (tertiary/aromatic N) is 2. The summed E-state index contributed by atoms with van der Waals surface area (Å²) in [6.07, 6.45) is 1.64. The zero-order chi connectivity index (χ0) is 19.1. The van der Waals surface area contributed by atoms with Crippen LogP contribution in [0.1, 0.15) is 26.7 Å². The Labute approximate surface area is 155 Å². The van der Waals surface area contributed by atoms with Gasteiger partial charge < -0.3 is 24.6 Å². The van der Waals surface area contributed by atoms with E-state index in [1.54, 1.807) is 37.3 Å². The zero-order valence-electron chi connectivity index (χ0n) is 16.1. The molecule has 1 saturated heterocycles. The van der Waals surface area contributed by atoms with E-state index in [-0.39, 0.29) is 17.9 Å². The molecule has 0 radical (unpaired) electrons. The highest BCUT2D eigenvalue weighted by molar-refractivity contribution is 5.92. The first-order chi connectivity index (χ1) is 12.5. The number of carbonyl (C=O) groups excluding carboxylic acids is 2. The van der Waals surface area contributed by atoms with E-state index in [0.717, 1.165) is 12.8 Å². The lowest BCUT2D eigenvalue weighted by molar-refractivity contribution is -0.136. The fraction of sp³-hybridized carbons (Fsp3) is 0.579. The molecule has 0 saturated carbocycles. The van der Waals surface area contributed by atoms with Crippen LogP contribution in [-0.2, 0) is 4.79 Å². The summed E-state index contributed by atoms with van der Waals surface area (Å²) < 4.78 is 10.5. The van der Waals surface area contributed by atoms with Gasteiger partial charge in [-0.1, -0.05) is 0 Å². The molecule has 1 aliphatic rings. The number of methoxy groups -OCH3 is 2. The minimum Gasteiger partial charge on any atom is -0.497 e. The number of amides is 3. The van der Waals surface area contributed by atoms with Gasteiger partial charge in [0, 0.05) is 32.2 Å². The number of urea groups is 1. The molecule has 2 rings (SSSR count). The number of nitrogens with one attached hydrogen (secondary N) is 1. The van der Waals surface area contributed by atoms with Crippen molar-refractivity contribution in [1.29, 1.82) is 0 Å². The minimum absolute atomic E-state index is 0.131. The Balaban J connectivity index is 2.06. The summed E-state index contributed by atoms with van der Waals surface area (Å²) in [7, 11) is 3.12. The predicted molar refractivity (Wildman–Crippen MR) is 101 cm³/mol. The Bertz CT molecular complexity index is 631. The van der Waals surface area contributed by atoms with E-state index in [4.69, 9.17) is 9.47 Å². The molecule has 1 heterocycles. The molecule has 26 heavy (non-hydrogen) atoms. The third-order valence-corrected chi connectivity index (χ3v) is 4.78. The van der Waals surface area contributed by atoms with Crippen LogP contribution in [-0.4, -0.2) is 62.1 Å². The van der Waals surface area contributed by atoms with Gasteiger partial charge in [0.05, 0.1) is 25.8 Å². The van der Waals surface area contributed by atoms with Crippen LogP contribution in [0.3, 0.4) is 0 Å². The Morgan fingerprint density at radius 2 is 1.96 bits per heavy atom. The summed E-state index contributed by atoms with van der Waals surface area (Å²) in [5.41, 5.74) is 0.550. The largest absolute Gasteiger partial charge is 0.497 e. The van der Waals surface area contributed by atoms with E-state index in [1.807, 2.05) is 18.7 Å².